The van der Waals surface area contributed by atoms with Crippen molar-refractivity contribution in [3.8, 4) is 5.75 Å². The zero-order valence-electron chi connectivity index (χ0n) is 23.2. The van der Waals surface area contributed by atoms with Crippen molar-refractivity contribution >= 4 is 27.5 Å². The van der Waals surface area contributed by atoms with Gasteiger partial charge in [0.05, 0.1) is 18.6 Å². The van der Waals surface area contributed by atoms with E-state index in [1.165, 1.54) is 23.1 Å². The zero-order chi connectivity index (χ0) is 29.3. The maximum atomic E-state index is 14.8. The number of amides is 2. The van der Waals surface area contributed by atoms with Gasteiger partial charge in [-0.2, -0.15) is 0 Å². The van der Waals surface area contributed by atoms with Gasteiger partial charge in [0.1, 0.15) is 24.2 Å². The fourth-order valence-electron chi connectivity index (χ4n) is 4.28. The van der Waals surface area contributed by atoms with Crippen LogP contribution >= 0.6 is 0 Å². The molecule has 3 aromatic rings. The van der Waals surface area contributed by atoms with Crippen molar-refractivity contribution in [2.24, 2.45) is 0 Å². The molecule has 0 heterocycles. The van der Waals surface area contributed by atoms with Crippen LogP contribution in [0.4, 0.5) is 10.1 Å². The van der Waals surface area contributed by atoms with Crippen molar-refractivity contribution in [2.45, 2.75) is 45.8 Å². The van der Waals surface area contributed by atoms with E-state index in [1.54, 1.807) is 51.1 Å². The van der Waals surface area contributed by atoms with Crippen molar-refractivity contribution in [3.63, 3.8) is 0 Å². The lowest BCUT2D eigenvalue weighted by atomic mass is 10.0. The number of hydrogen-bond donors (Lipinski definition) is 1. The van der Waals surface area contributed by atoms with Crippen LogP contribution in [-0.4, -0.2) is 56.6 Å². The molecule has 3 aromatic carbocycles. The van der Waals surface area contributed by atoms with E-state index in [-0.39, 0.29) is 36.9 Å². The number of nitrogens with one attached hydrogen (secondary N) is 1. The number of para-hydroxylation sites is 2. The second kappa shape index (κ2) is 13.9. The lowest BCUT2D eigenvalue weighted by Gasteiger charge is -2.34. The summed E-state index contributed by atoms with van der Waals surface area (Å²) < 4.78 is 47.3. The molecular formula is C30H36FN3O5S. The molecule has 214 valence electrons. The van der Waals surface area contributed by atoms with Crippen molar-refractivity contribution in [3.05, 3.63) is 95.8 Å². The average molecular weight is 570 g/mol. The second-order valence-corrected chi connectivity index (χ2v) is 11.6. The van der Waals surface area contributed by atoms with E-state index in [0.29, 0.717) is 5.75 Å². The lowest BCUT2D eigenvalue weighted by molar-refractivity contribution is -0.140. The number of rotatable bonds is 13. The Hall–Kier alpha value is -3.92. The summed E-state index contributed by atoms with van der Waals surface area (Å²) in [5.74, 6) is -1.34. The Bertz CT molecular complexity index is 1400. The zero-order valence-corrected chi connectivity index (χ0v) is 24.0. The van der Waals surface area contributed by atoms with Crippen LogP contribution in [0.2, 0.25) is 0 Å². The van der Waals surface area contributed by atoms with E-state index in [2.05, 4.69) is 5.32 Å². The summed E-state index contributed by atoms with van der Waals surface area (Å²) >= 11 is 0. The SMILES string of the molecule is CCOc1ccccc1N(CC(=O)N(Cc1ccccc1F)C(Cc1ccccc1)C(=O)NC(C)C)S(C)(=O)=O. The van der Waals surface area contributed by atoms with Crippen molar-refractivity contribution in [1.82, 2.24) is 10.2 Å². The number of ether oxygens (including phenoxy) is 1. The van der Waals surface area contributed by atoms with E-state index in [4.69, 9.17) is 4.74 Å². The van der Waals surface area contributed by atoms with Crippen LogP contribution in [0.15, 0.2) is 78.9 Å². The van der Waals surface area contributed by atoms with Crippen LogP contribution in [-0.2, 0) is 32.6 Å². The van der Waals surface area contributed by atoms with Crippen LogP contribution in [0.25, 0.3) is 0 Å². The van der Waals surface area contributed by atoms with Crippen LogP contribution in [0.5, 0.6) is 5.75 Å². The summed E-state index contributed by atoms with van der Waals surface area (Å²) in [5, 5.41) is 2.86. The topological polar surface area (TPSA) is 96.0 Å². The summed E-state index contributed by atoms with van der Waals surface area (Å²) in [5.41, 5.74) is 1.18. The molecule has 0 spiro atoms. The molecule has 0 aliphatic rings. The first-order valence-corrected chi connectivity index (χ1v) is 14.9. The first kappa shape index (κ1) is 30.6. The first-order chi connectivity index (χ1) is 19.0. The average Bonchev–Trinajstić information content (AvgIpc) is 2.90. The predicted molar refractivity (Wildman–Crippen MR) is 154 cm³/mol. The minimum absolute atomic E-state index is 0.147. The number of nitrogens with zero attached hydrogens (tertiary/aromatic N) is 2. The largest absolute Gasteiger partial charge is 0.492 e. The number of carbonyl (C=O) groups excluding carboxylic acids is 2. The van der Waals surface area contributed by atoms with Gasteiger partial charge in [0.2, 0.25) is 21.8 Å². The van der Waals surface area contributed by atoms with Crippen molar-refractivity contribution in [2.75, 3.05) is 23.7 Å². The number of benzene rings is 3. The minimum Gasteiger partial charge on any atom is -0.492 e. The fraction of sp³-hybridized carbons (Fsp3) is 0.333. The minimum atomic E-state index is -3.96. The van der Waals surface area contributed by atoms with E-state index in [9.17, 15) is 22.4 Å². The smallest absolute Gasteiger partial charge is 0.244 e. The number of halogens is 1. The maximum Gasteiger partial charge on any atom is 0.244 e. The molecule has 0 aliphatic heterocycles. The molecule has 40 heavy (non-hydrogen) atoms. The van der Waals surface area contributed by atoms with Gasteiger partial charge in [-0.3, -0.25) is 13.9 Å². The van der Waals surface area contributed by atoms with Crippen molar-refractivity contribution < 1.29 is 27.1 Å². The normalized spacial score (nSPS) is 12.1. The molecule has 0 saturated carbocycles. The van der Waals surface area contributed by atoms with Crippen LogP contribution in [0, 0.1) is 5.82 Å². The highest BCUT2D eigenvalue weighted by atomic mass is 32.2. The van der Waals surface area contributed by atoms with Gasteiger partial charge in [0.25, 0.3) is 0 Å². The third-order valence-corrected chi connectivity index (χ3v) is 7.24. The Morgan fingerprint density at radius 1 is 0.950 bits per heavy atom. The highest BCUT2D eigenvalue weighted by Gasteiger charge is 2.34. The molecule has 0 radical (unpaired) electrons. The molecule has 1 atom stereocenters. The highest BCUT2D eigenvalue weighted by molar-refractivity contribution is 7.92. The molecule has 3 rings (SSSR count). The van der Waals surface area contributed by atoms with Gasteiger partial charge in [-0.15, -0.1) is 0 Å². The van der Waals surface area contributed by atoms with E-state index in [0.717, 1.165) is 16.1 Å². The van der Waals surface area contributed by atoms with Gasteiger partial charge in [-0.1, -0.05) is 60.7 Å². The Morgan fingerprint density at radius 3 is 2.20 bits per heavy atom. The molecular weight excluding hydrogens is 533 g/mol. The van der Waals surface area contributed by atoms with Crippen molar-refractivity contribution in [1.29, 1.82) is 0 Å². The fourth-order valence-corrected chi connectivity index (χ4v) is 5.13. The summed E-state index contributed by atoms with van der Waals surface area (Å²) in [4.78, 5) is 28.8. The lowest BCUT2D eigenvalue weighted by Crippen LogP contribution is -2.54. The second-order valence-electron chi connectivity index (χ2n) is 9.65. The number of sulfonamides is 1. The molecule has 0 aromatic heterocycles. The summed E-state index contributed by atoms with van der Waals surface area (Å²) in [6.45, 7) is 4.81. The van der Waals surface area contributed by atoms with E-state index >= 15 is 0 Å². The molecule has 0 fully saturated rings. The molecule has 8 nitrogen and oxygen atoms in total. The van der Waals surface area contributed by atoms with Crippen LogP contribution in [0.1, 0.15) is 31.9 Å². The van der Waals surface area contributed by atoms with Gasteiger partial charge in [0, 0.05) is 24.6 Å². The molecule has 1 unspecified atom stereocenters. The van der Waals surface area contributed by atoms with E-state index in [1.807, 2.05) is 30.3 Å². The van der Waals surface area contributed by atoms with Crippen LogP contribution < -0.4 is 14.4 Å². The van der Waals surface area contributed by atoms with Gasteiger partial charge in [-0.05, 0) is 44.5 Å². The number of hydrogen-bond acceptors (Lipinski definition) is 5. The number of carbonyl (C=O) groups is 2. The standard InChI is InChI=1S/C30H36FN3O5S/c1-5-39-28-18-12-11-17-26(28)34(40(4,37)38)21-29(35)33(20-24-15-9-10-16-25(24)31)27(30(36)32-22(2)3)19-23-13-7-6-8-14-23/h6-18,22,27H,5,19-21H2,1-4H3,(H,32,36). The quantitative estimate of drug-likeness (QED) is 0.334. The maximum absolute atomic E-state index is 14.8. The first-order valence-electron chi connectivity index (χ1n) is 13.1. The van der Waals surface area contributed by atoms with Crippen LogP contribution in [0.3, 0.4) is 0 Å². The molecule has 2 amide bonds. The monoisotopic (exact) mass is 569 g/mol. The van der Waals surface area contributed by atoms with Gasteiger partial charge in [0.15, 0.2) is 0 Å². The molecule has 10 heteroatoms. The third kappa shape index (κ3) is 8.29. The molecule has 0 aliphatic carbocycles. The summed E-state index contributed by atoms with van der Waals surface area (Å²) in [6.07, 6.45) is 1.14. The summed E-state index contributed by atoms with van der Waals surface area (Å²) in [6, 6.07) is 20.4. The molecule has 1 N–H and O–H groups in total. The number of anilines is 1. The Labute approximate surface area is 235 Å². The Balaban J connectivity index is 2.09. The molecule has 0 bridgehead atoms. The Kier molecular flexibility index (Phi) is 10.7. The van der Waals surface area contributed by atoms with Gasteiger partial charge in [-0.25, -0.2) is 12.8 Å². The van der Waals surface area contributed by atoms with Gasteiger partial charge >= 0.3 is 0 Å². The highest BCUT2D eigenvalue weighted by Crippen LogP contribution is 2.30. The van der Waals surface area contributed by atoms with Gasteiger partial charge < -0.3 is 15.0 Å². The van der Waals surface area contributed by atoms with E-state index < -0.39 is 40.2 Å². The Morgan fingerprint density at radius 2 is 1.57 bits per heavy atom. The predicted octanol–water partition coefficient (Wildman–Crippen LogP) is 4.16. The third-order valence-electron chi connectivity index (χ3n) is 6.11. The molecule has 0 saturated heterocycles. The summed E-state index contributed by atoms with van der Waals surface area (Å²) in [7, 11) is -3.96.